The van der Waals surface area contributed by atoms with E-state index in [9.17, 15) is 9.59 Å². The van der Waals surface area contributed by atoms with E-state index in [0.717, 1.165) is 12.7 Å². The molecule has 0 aliphatic heterocycles. The molecule has 0 radical (unpaired) electrons. The minimum Gasteiger partial charge on any atom is -0.468 e. The van der Waals surface area contributed by atoms with Crippen LogP contribution in [0.5, 0.6) is 0 Å². The summed E-state index contributed by atoms with van der Waals surface area (Å²) in [6, 6.07) is 0. The van der Waals surface area contributed by atoms with Crippen molar-refractivity contribution in [1.29, 1.82) is 0 Å². The van der Waals surface area contributed by atoms with E-state index in [2.05, 4.69) is 10.8 Å². The van der Waals surface area contributed by atoms with Gasteiger partial charge in [0.1, 0.15) is 11.7 Å². The Morgan fingerprint density at radius 2 is 2.38 bits per heavy atom. The fourth-order valence-corrected chi connectivity index (χ4v) is 2.50. The van der Waals surface area contributed by atoms with Crippen LogP contribution in [0.3, 0.4) is 0 Å². The SMILES string of the molecule is COC(=O)[C@@]1(C=O)C[C@H]2C=C[C@@H]1C2. The molecule has 0 aromatic heterocycles. The van der Waals surface area contributed by atoms with E-state index in [4.69, 9.17) is 0 Å². The number of ether oxygens (including phenoxy) is 1. The van der Waals surface area contributed by atoms with Gasteiger partial charge in [0.2, 0.25) is 0 Å². The second kappa shape index (κ2) is 2.69. The van der Waals surface area contributed by atoms with Crippen molar-refractivity contribution in [2.24, 2.45) is 17.3 Å². The molecule has 1 fully saturated rings. The van der Waals surface area contributed by atoms with Crippen LogP contribution < -0.4 is 0 Å². The topological polar surface area (TPSA) is 43.4 Å². The smallest absolute Gasteiger partial charge is 0.319 e. The number of hydrogen-bond acceptors (Lipinski definition) is 3. The first-order chi connectivity index (χ1) is 6.23. The lowest BCUT2D eigenvalue weighted by atomic mass is 9.77. The summed E-state index contributed by atoms with van der Waals surface area (Å²) in [5.41, 5.74) is -0.867. The van der Waals surface area contributed by atoms with Crippen molar-refractivity contribution in [2.75, 3.05) is 7.11 Å². The van der Waals surface area contributed by atoms with E-state index >= 15 is 0 Å². The minimum absolute atomic E-state index is 0.0717. The zero-order valence-corrected chi connectivity index (χ0v) is 7.53. The molecule has 0 N–H and O–H groups in total. The third-order valence-corrected chi connectivity index (χ3v) is 3.21. The third kappa shape index (κ3) is 0.961. The number of esters is 1. The molecule has 3 atom stereocenters. The predicted octanol–water partition coefficient (Wildman–Crippen LogP) is 0.941. The van der Waals surface area contributed by atoms with E-state index in [1.165, 1.54) is 7.11 Å². The Morgan fingerprint density at radius 3 is 2.77 bits per heavy atom. The van der Waals surface area contributed by atoms with Crippen molar-refractivity contribution in [1.82, 2.24) is 0 Å². The number of carbonyl (C=O) groups excluding carboxylic acids is 2. The summed E-state index contributed by atoms with van der Waals surface area (Å²) >= 11 is 0. The molecule has 2 aliphatic carbocycles. The fraction of sp³-hybridized carbons (Fsp3) is 0.600. The van der Waals surface area contributed by atoms with E-state index < -0.39 is 5.41 Å². The second-order valence-electron chi connectivity index (χ2n) is 3.84. The number of methoxy groups -OCH3 is 1. The Labute approximate surface area is 76.8 Å². The Balaban J connectivity index is 2.32. The van der Waals surface area contributed by atoms with Crippen LogP contribution >= 0.6 is 0 Å². The van der Waals surface area contributed by atoms with E-state index in [-0.39, 0.29) is 11.9 Å². The Bertz CT molecular complexity index is 282. The van der Waals surface area contributed by atoms with E-state index in [1.807, 2.05) is 6.08 Å². The van der Waals surface area contributed by atoms with Gasteiger partial charge < -0.3 is 9.53 Å². The molecule has 2 rings (SSSR count). The van der Waals surface area contributed by atoms with Crippen LogP contribution in [0.15, 0.2) is 12.2 Å². The monoisotopic (exact) mass is 180 g/mol. The maximum Gasteiger partial charge on any atom is 0.319 e. The fourth-order valence-electron chi connectivity index (χ4n) is 2.50. The summed E-state index contributed by atoms with van der Waals surface area (Å²) in [6.45, 7) is 0. The van der Waals surface area contributed by atoms with Crippen molar-refractivity contribution in [3.63, 3.8) is 0 Å². The summed E-state index contributed by atoms with van der Waals surface area (Å²) in [5, 5.41) is 0. The lowest BCUT2D eigenvalue weighted by Gasteiger charge is -2.26. The van der Waals surface area contributed by atoms with Crippen LogP contribution in [0.4, 0.5) is 0 Å². The molecule has 2 aliphatic rings. The van der Waals surface area contributed by atoms with Crippen LogP contribution in [-0.2, 0) is 14.3 Å². The van der Waals surface area contributed by atoms with Crippen LogP contribution in [0.25, 0.3) is 0 Å². The minimum atomic E-state index is -0.867. The van der Waals surface area contributed by atoms with Crippen LogP contribution in [0, 0.1) is 17.3 Å². The Morgan fingerprint density at radius 1 is 1.62 bits per heavy atom. The number of aldehydes is 1. The molecular formula is C10H12O3. The molecule has 2 bridgehead atoms. The molecule has 3 heteroatoms. The van der Waals surface area contributed by atoms with Gasteiger partial charge in [-0.1, -0.05) is 12.2 Å². The first-order valence-electron chi connectivity index (χ1n) is 4.46. The largest absolute Gasteiger partial charge is 0.468 e. The molecule has 1 saturated carbocycles. The maximum atomic E-state index is 11.5. The van der Waals surface area contributed by atoms with Crippen molar-refractivity contribution >= 4 is 12.3 Å². The number of rotatable bonds is 2. The molecule has 0 aromatic rings. The van der Waals surface area contributed by atoms with Gasteiger partial charge in [0, 0.05) is 5.92 Å². The maximum absolute atomic E-state index is 11.5. The molecule has 13 heavy (non-hydrogen) atoms. The highest BCUT2D eigenvalue weighted by molar-refractivity contribution is 5.94. The lowest BCUT2D eigenvalue weighted by Crippen LogP contribution is -2.37. The average Bonchev–Trinajstić information content (AvgIpc) is 2.75. The first kappa shape index (κ1) is 8.48. The van der Waals surface area contributed by atoms with Gasteiger partial charge in [0.25, 0.3) is 0 Å². The molecule has 0 amide bonds. The van der Waals surface area contributed by atoms with Crippen molar-refractivity contribution in [2.45, 2.75) is 12.8 Å². The van der Waals surface area contributed by atoms with Gasteiger partial charge in [-0.05, 0) is 18.8 Å². The summed E-state index contributed by atoms with van der Waals surface area (Å²) in [6.07, 6.45) is 6.39. The Hall–Kier alpha value is -1.12. The highest BCUT2D eigenvalue weighted by atomic mass is 16.5. The molecular weight excluding hydrogens is 168 g/mol. The van der Waals surface area contributed by atoms with Crippen LogP contribution in [0.1, 0.15) is 12.8 Å². The molecule has 0 spiro atoms. The van der Waals surface area contributed by atoms with Crippen LogP contribution in [-0.4, -0.2) is 19.4 Å². The van der Waals surface area contributed by atoms with Crippen molar-refractivity contribution in [3.8, 4) is 0 Å². The quantitative estimate of drug-likeness (QED) is 0.275. The molecule has 3 nitrogen and oxygen atoms in total. The number of hydrogen-bond donors (Lipinski definition) is 0. The first-order valence-corrected chi connectivity index (χ1v) is 4.46. The van der Waals surface area contributed by atoms with E-state index in [1.54, 1.807) is 0 Å². The molecule has 0 saturated heterocycles. The van der Waals surface area contributed by atoms with Gasteiger partial charge in [-0.3, -0.25) is 4.79 Å². The number of fused-ring (bicyclic) bond motifs is 2. The normalized spacial score (nSPS) is 40.7. The summed E-state index contributed by atoms with van der Waals surface area (Å²) < 4.78 is 4.68. The highest BCUT2D eigenvalue weighted by Crippen LogP contribution is 2.51. The van der Waals surface area contributed by atoms with Gasteiger partial charge in [-0.2, -0.15) is 0 Å². The third-order valence-electron chi connectivity index (χ3n) is 3.21. The lowest BCUT2D eigenvalue weighted by molar-refractivity contribution is -0.156. The Kier molecular flexibility index (Phi) is 1.75. The predicted molar refractivity (Wildman–Crippen MR) is 45.9 cm³/mol. The molecule has 0 aromatic carbocycles. The summed E-state index contributed by atoms with van der Waals surface area (Å²) in [7, 11) is 1.34. The van der Waals surface area contributed by atoms with Gasteiger partial charge in [-0.15, -0.1) is 0 Å². The second-order valence-corrected chi connectivity index (χ2v) is 3.84. The zero-order valence-electron chi connectivity index (χ0n) is 7.53. The van der Waals surface area contributed by atoms with Gasteiger partial charge in [-0.25, -0.2) is 0 Å². The standard InChI is InChI=1S/C10H12O3/c1-13-9(12)10(6-11)5-7-2-3-8(10)4-7/h2-3,6-8H,4-5H2,1H3/t7-,8+,10+/m0/s1. The highest BCUT2D eigenvalue weighted by Gasteiger charge is 2.54. The van der Waals surface area contributed by atoms with E-state index in [0.29, 0.717) is 12.3 Å². The molecule has 0 unspecified atom stereocenters. The van der Waals surface area contributed by atoms with Crippen molar-refractivity contribution in [3.05, 3.63) is 12.2 Å². The summed E-state index contributed by atoms with van der Waals surface area (Å²) in [4.78, 5) is 22.5. The number of carbonyl (C=O) groups is 2. The molecule has 0 heterocycles. The van der Waals surface area contributed by atoms with Gasteiger partial charge in [0.15, 0.2) is 0 Å². The average molecular weight is 180 g/mol. The zero-order chi connectivity index (χ0) is 9.47. The van der Waals surface area contributed by atoms with Gasteiger partial charge in [0.05, 0.1) is 7.11 Å². The number of allylic oxidation sites excluding steroid dienone is 2. The van der Waals surface area contributed by atoms with Gasteiger partial charge >= 0.3 is 5.97 Å². The van der Waals surface area contributed by atoms with Crippen LogP contribution in [0.2, 0.25) is 0 Å². The van der Waals surface area contributed by atoms with Crippen molar-refractivity contribution < 1.29 is 14.3 Å². The molecule has 70 valence electrons. The summed E-state index contributed by atoms with van der Waals surface area (Å²) in [5.74, 6) is 0.0936.